The summed E-state index contributed by atoms with van der Waals surface area (Å²) in [5.41, 5.74) is 3.98. The fraction of sp³-hybridized carbons (Fsp3) is 0.344. The van der Waals surface area contributed by atoms with Crippen LogP contribution in [-0.2, 0) is 10.2 Å². The van der Waals surface area contributed by atoms with Gasteiger partial charge in [0.2, 0.25) is 0 Å². The van der Waals surface area contributed by atoms with E-state index in [1.807, 2.05) is 29.2 Å². The molecular formula is C32H35NO4. The predicted molar refractivity (Wildman–Crippen MR) is 147 cm³/mol. The lowest BCUT2D eigenvalue weighted by molar-refractivity contribution is -0.136. The molecule has 5 nitrogen and oxygen atoms in total. The number of nitrogens with zero attached hydrogens (tertiary/aromatic N) is 1. The molecule has 2 aliphatic rings. The summed E-state index contributed by atoms with van der Waals surface area (Å²) in [4.78, 5) is 14.9. The Hall–Kier alpha value is -3.73. The van der Waals surface area contributed by atoms with Crippen LogP contribution in [0.15, 0.2) is 72.8 Å². The molecule has 0 N–H and O–H groups in total. The minimum absolute atomic E-state index is 0.00165. The van der Waals surface area contributed by atoms with E-state index in [0.717, 1.165) is 41.2 Å². The normalized spacial score (nSPS) is 16.2. The van der Waals surface area contributed by atoms with Crippen molar-refractivity contribution < 1.29 is 19.0 Å². The lowest BCUT2D eigenvalue weighted by Gasteiger charge is -2.42. The number of amides is 1. The maximum atomic E-state index is 13.0. The van der Waals surface area contributed by atoms with Crippen LogP contribution in [0.4, 0.5) is 0 Å². The number of ether oxygens (including phenoxy) is 3. The van der Waals surface area contributed by atoms with E-state index in [1.54, 1.807) is 7.11 Å². The van der Waals surface area contributed by atoms with Crippen LogP contribution in [0.1, 0.15) is 44.7 Å². The molecule has 0 aromatic heterocycles. The summed E-state index contributed by atoms with van der Waals surface area (Å²) >= 11 is 0. The van der Waals surface area contributed by atoms with E-state index >= 15 is 0 Å². The second-order valence-corrected chi connectivity index (χ2v) is 10.9. The van der Waals surface area contributed by atoms with Gasteiger partial charge in [-0.3, -0.25) is 4.79 Å². The number of methoxy groups -OCH3 is 1. The Labute approximate surface area is 219 Å². The van der Waals surface area contributed by atoms with Gasteiger partial charge in [0.05, 0.1) is 7.11 Å². The van der Waals surface area contributed by atoms with Gasteiger partial charge in [-0.15, -0.1) is 0 Å². The largest absolute Gasteiger partial charge is 0.497 e. The van der Waals surface area contributed by atoms with Crippen molar-refractivity contribution in [3.63, 3.8) is 0 Å². The molecule has 1 amide bonds. The lowest BCUT2D eigenvalue weighted by Crippen LogP contribution is -2.50. The number of hydrogen-bond acceptors (Lipinski definition) is 4. The Kier molecular flexibility index (Phi) is 6.72. The molecule has 3 aromatic rings. The van der Waals surface area contributed by atoms with Crippen LogP contribution in [0.2, 0.25) is 0 Å². The van der Waals surface area contributed by atoms with Crippen molar-refractivity contribution in [1.29, 1.82) is 0 Å². The number of carbonyl (C=O) groups is 1. The van der Waals surface area contributed by atoms with E-state index in [-0.39, 0.29) is 23.5 Å². The zero-order valence-electron chi connectivity index (χ0n) is 22.1. The van der Waals surface area contributed by atoms with E-state index in [0.29, 0.717) is 13.1 Å². The predicted octanol–water partition coefficient (Wildman–Crippen LogP) is 6.51. The summed E-state index contributed by atoms with van der Waals surface area (Å²) in [6, 6.07) is 22.5. The van der Waals surface area contributed by atoms with Crippen molar-refractivity contribution in [3.8, 4) is 28.4 Å². The van der Waals surface area contributed by atoms with Crippen LogP contribution in [-0.4, -0.2) is 43.2 Å². The van der Waals surface area contributed by atoms with E-state index in [2.05, 4.69) is 75.4 Å². The van der Waals surface area contributed by atoms with Gasteiger partial charge in [-0.1, -0.05) is 63.2 Å². The molecule has 1 fully saturated rings. The van der Waals surface area contributed by atoms with Crippen LogP contribution < -0.4 is 14.2 Å². The summed E-state index contributed by atoms with van der Waals surface area (Å²) in [6.07, 6.45) is 5.86. The number of hydrogen-bond donors (Lipinski definition) is 0. The van der Waals surface area contributed by atoms with Gasteiger partial charge in [-0.25, -0.2) is 0 Å². The van der Waals surface area contributed by atoms with Gasteiger partial charge in [0.15, 0.2) is 6.61 Å². The number of rotatable bonds is 5. The van der Waals surface area contributed by atoms with Crippen LogP contribution in [0.5, 0.6) is 17.2 Å². The summed E-state index contributed by atoms with van der Waals surface area (Å²) in [5.74, 6) is 2.40. The van der Waals surface area contributed by atoms with E-state index in [9.17, 15) is 4.79 Å². The van der Waals surface area contributed by atoms with Gasteiger partial charge in [0.1, 0.15) is 22.8 Å². The Morgan fingerprint density at radius 3 is 2.43 bits per heavy atom. The topological polar surface area (TPSA) is 48.0 Å². The first kappa shape index (κ1) is 24.9. The second kappa shape index (κ2) is 9.97. The van der Waals surface area contributed by atoms with Crippen molar-refractivity contribution in [1.82, 2.24) is 4.90 Å². The van der Waals surface area contributed by atoms with Gasteiger partial charge in [0.25, 0.3) is 5.91 Å². The summed E-state index contributed by atoms with van der Waals surface area (Å²) in [6.45, 7) is 7.66. The number of likely N-dealkylation sites (tertiary alicyclic amines) is 1. The number of fused-ring (bicyclic) bond motifs is 1. The molecule has 5 heteroatoms. The molecule has 0 aliphatic carbocycles. The average molecular weight is 498 g/mol. The fourth-order valence-corrected chi connectivity index (χ4v) is 5.06. The quantitative estimate of drug-likeness (QED) is 0.403. The van der Waals surface area contributed by atoms with Gasteiger partial charge in [-0.05, 0) is 52.9 Å². The molecule has 0 atom stereocenters. The number of benzene rings is 3. The Bertz CT molecular complexity index is 1300. The van der Waals surface area contributed by atoms with Crippen LogP contribution in [0.25, 0.3) is 17.2 Å². The first-order valence-corrected chi connectivity index (χ1v) is 12.9. The molecule has 0 saturated carbocycles. The minimum atomic E-state index is -0.367. The second-order valence-electron chi connectivity index (χ2n) is 10.9. The van der Waals surface area contributed by atoms with Crippen LogP contribution >= 0.6 is 0 Å². The Morgan fingerprint density at radius 1 is 0.973 bits per heavy atom. The first-order chi connectivity index (χ1) is 17.8. The number of piperidine rings is 1. The van der Waals surface area contributed by atoms with Gasteiger partial charge >= 0.3 is 0 Å². The molecule has 5 rings (SSSR count). The molecule has 0 radical (unpaired) electrons. The lowest BCUT2D eigenvalue weighted by atomic mass is 9.86. The van der Waals surface area contributed by atoms with Crippen molar-refractivity contribution >= 4 is 12.0 Å². The van der Waals surface area contributed by atoms with Crippen molar-refractivity contribution in [2.45, 2.75) is 44.6 Å². The highest BCUT2D eigenvalue weighted by molar-refractivity contribution is 5.78. The monoisotopic (exact) mass is 497 g/mol. The van der Waals surface area contributed by atoms with Crippen molar-refractivity contribution in [3.05, 3.63) is 83.9 Å². The third-order valence-corrected chi connectivity index (χ3v) is 7.31. The fourth-order valence-electron chi connectivity index (χ4n) is 5.06. The molecule has 2 heterocycles. The maximum absolute atomic E-state index is 13.0. The van der Waals surface area contributed by atoms with Crippen molar-refractivity contribution in [2.24, 2.45) is 0 Å². The smallest absolute Gasteiger partial charge is 0.260 e. The molecule has 0 bridgehead atoms. The molecule has 37 heavy (non-hydrogen) atoms. The maximum Gasteiger partial charge on any atom is 0.260 e. The summed E-state index contributed by atoms with van der Waals surface area (Å²) in [5, 5.41) is 0. The third-order valence-electron chi connectivity index (χ3n) is 7.31. The molecule has 2 aliphatic heterocycles. The molecule has 192 valence electrons. The molecule has 3 aromatic carbocycles. The zero-order valence-corrected chi connectivity index (χ0v) is 22.1. The first-order valence-electron chi connectivity index (χ1n) is 12.9. The molecule has 0 unspecified atom stereocenters. The Balaban J connectivity index is 1.20. The van der Waals surface area contributed by atoms with Crippen LogP contribution in [0.3, 0.4) is 0 Å². The SMILES string of the molecule is COc1ccc(OCC(=O)N2CCC3(C=Cc4cc(-c5ccccc5)ccc4O3)CC2)c(C(C)(C)C)c1. The average Bonchev–Trinajstić information content (AvgIpc) is 2.92. The third kappa shape index (κ3) is 5.36. The van der Waals surface area contributed by atoms with E-state index in [4.69, 9.17) is 14.2 Å². The highest BCUT2D eigenvalue weighted by Gasteiger charge is 2.38. The van der Waals surface area contributed by atoms with Gasteiger partial charge in [0, 0.05) is 37.1 Å². The molecule has 1 saturated heterocycles. The highest BCUT2D eigenvalue weighted by Crippen LogP contribution is 2.39. The Morgan fingerprint density at radius 2 is 1.73 bits per heavy atom. The summed E-state index contributed by atoms with van der Waals surface area (Å²) < 4.78 is 17.9. The van der Waals surface area contributed by atoms with Gasteiger partial charge in [-0.2, -0.15) is 0 Å². The molecular weight excluding hydrogens is 462 g/mol. The van der Waals surface area contributed by atoms with E-state index < -0.39 is 0 Å². The van der Waals surface area contributed by atoms with E-state index in [1.165, 1.54) is 11.1 Å². The van der Waals surface area contributed by atoms with Gasteiger partial charge < -0.3 is 19.1 Å². The van der Waals surface area contributed by atoms with Crippen LogP contribution in [0, 0.1) is 0 Å². The highest BCUT2D eigenvalue weighted by atomic mass is 16.5. The number of carbonyl (C=O) groups excluding carboxylic acids is 1. The molecule has 1 spiro atoms. The minimum Gasteiger partial charge on any atom is -0.497 e. The van der Waals surface area contributed by atoms with Crippen molar-refractivity contribution in [2.75, 3.05) is 26.8 Å². The zero-order chi connectivity index (χ0) is 26.0. The standard InChI is InChI=1S/C32H35NO4/c1-31(2,3)27-21-26(35-4)11-13-29(27)36-22-30(34)33-18-16-32(17-19-33)15-14-25-20-24(10-12-28(25)37-32)23-8-6-5-7-9-23/h5-15,20-21H,16-19,22H2,1-4H3. The summed E-state index contributed by atoms with van der Waals surface area (Å²) in [7, 11) is 1.65.